The van der Waals surface area contributed by atoms with E-state index in [2.05, 4.69) is 21.1 Å². The minimum Gasteiger partial charge on any atom is -0.339 e. The van der Waals surface area contributed by atoms with Crippen LogP contribution in [0.3, 0.4) is 0 Å². The van der Waals surface area contributed by atoms with E-state index in [9.17, 15) is 13.2 Å². The van der Waals surface area contributed by atoms with Crippen LogP contribution in [0, 0.1) is 11.3 Å². The van der Waals surface area contributed by atoms with Gasteiger partial charge in [0.05, 0.1) is 17.2 Å². The zero-order valence-electron chi connectivity index (χ0n) is 16.8. The predicted molar refractivity (Wildman–Crippen MR) is 107 cm³/mol. The molecule has 0 radical (unpaired) electrons. The number of rotatable bonds is 5. The number of alkyl halides is 3. The van der Waals surface area contributed by atoms with E-state index in [-0.39, 0.29) is 12.3 Å². The number of piperidine rings is 1. The van der Waals surface area contributed by atoms with Crippen LogP contribution in [0.5, 0.6) is 0 Å². The summed E-state index contributed by atoms with van der Waals surface area (Å²) in [6.07, 6.45) is -2.45. The first-order valence-electron chi connectivity index (χ1n) is 10.1. The third-order valence-electron chi connectivity index (χ3n) is 5.50. The van der Waals surface area contributed by atoms with E-state index in [1.165, 1.54) is 6.07 Å². The van der Waals surface area contributed by atoms with Crippen LogP contribution in [0.2, 0.25) is 0 Å². The van der Waals surface area contributed by atoms with Gasteiger partial charge in [0.2, 0.25) is 5.89 Å². The molecule has 4 rings (SSSR count). The largest absolute Gasteiger partial charge is 0.416 e. The van der Waals surface area contributed by atoms with Crippen molar-refractivity contribution in [3.63, 3.8) is 0 Å². The Kier molecular flexibility index (Phi) is 6.05. The van der Waals surface area contributed by atoms with E-state index < -0.39 is 11.7 Å². The summed E-state index contributed by atoms with van der Waals surface area (Å²) < 4.78 is 44.1. The highest BCUT2D eigenvalue weighted by Crippen LogP contribution is 2.30. The topological polar surface area (TPSA) is 66.0 Å². The molecule has 1 fully saturated rings. The molecule has 0 N–H and O–H groups in total. The lowest BCUT2D eigenvalue weighted by molar-refractivity contribution is -0.137. The van der Waals surface area contributed by atoms with Crippen LogP contribution in [0.4, 0.5) is 13.2 Å². The standard InChI is InChI=1S/C23H21F3N4O/c24-23(25,26)20-6-2-3-16(12-20)13-21-28-22(31-29-21)19-7-9-30(10-8-19)15-18-5-1-4-17(11-18)14-27/h1-6,11-12,19H,7-10,13,15H2. The zero-order chi connectivity index (χ0) is 21.8. The van der Waals surface area contributed by atoms with Gasteiger partial charge < -0.3 is 4.52 Å². The van der Waals surface area contributed by atoms with Crippen LogP contribution >= 0.6 is 0 Å². The number of hydrogen-bond donors (Lipinski definition) is 0. The summed E-state index contributed by atoms with van der Waals surface area (Å²) in [6.45, 7) is 2.52. The Morgan fingerprint density at radius 1 is 1.06 bits per heavy atom. The van der Waals surface area contributed by atoms with Crippen molar-refractivity contribution < 1.29 is 17.7 Å². The number of likely N-dealkylation sites (tertiary alicyclic amines) is 1. The SMILES string of the molecule is N#Cc1cccc(CN2CCC(c3nc(Cc4cccc(C(F)(F)F)c4)no3)CC2)c1. The lowest BCUT2D eigenvalue weighted by atomic mass is 9.96. The third kappa shape index (κ3) is 5.30. The molecule has 0 aliphatic carbocycles. The fourth-order valence-corrected chi connectivity index (χ4v) is 3.88. The number of nitriles is 1. The molecular formula is C23H21F3N4O. The monoisotopic (exact) mass is 426 g/mol. The highest BCUT2D eigenvalue weighted by molar-refractivity contribution is 5.32. The first-order valence-corrected chi connectivity index (χ1v) is 10.1. The Morgan fingerprint density at radius 3 is 2.55 bits per heavy atom. The summed E-state index contributed by atoms with van der Waals surface area (Å²) >= 11 is 0. The smallest absolute Gasteiger partial charge is 0.339 e. The first-order chi connectivity index (χ1) is 14.9. The summed E-state index contributed by atoms with van der Waals surface area (Å²) in [5.41, 5.74) is 1.59. The van der Waals surface area contributed by atoms with Gasteiger partial charge in [0.1, 0.15) is 0 Å². The minimum atomic E-state index is -4.37. The highest BCUT2D eigenvalue weighted by Gasteiger charge is 2.30. The van der Waals surface area contributed by atoms with E-state index in [1.807, 2.05) is 18.2 Å². The van der Waals surface area contributed by atoms with Crippen LogP contribution in [-0.2, 0) is 19.1 Å². The Labute approximate surface area is 178 Å². The molecule has 1 aromatic heterocycles. The van der Waals surface area contributed by atoms with E-state index >= 15 is 0 Å². The molecule has 0 spiro atoms. The molecule has 8 heteroatoms. The molecular weight excluding hydrogens is 405 g/mol. The first kappa shape index (κ1) is 21.1. The van der Waals surface area contributed by atoms with Gasteiger partial charge >= 0.3 is 6.18 Å². The van der Waals surface area contributed by atoms with Gasteiger partial charge in [-0.2, -0.15) is 23.4 Å². The van der Waals surface area contributed by atoms with Crippen molar-refractivity contribution in [1.82, 2.24) is 15.0 Å². The molecule has 0 bridgehead atoms. The molecule has 1 aliphatic heterocycles. The number of benzene rings is 2. The Bertz CT molecular complexity index is 1080. The second kappa shape index (κ2) is 8.90. The van der Waals surface area contributed by atoms with E-state index in [0.717, 1.165) is 50.2 Å². The van der Waals surface area contributed by atoms with Crippen molar-refractivity contribution in [1.29, 1.82) is 5.26 Å². The second-order valence-corrected chi connectivity index (χ2v) is 7.79. The van der Waals surface area contributed by atoms with Crippen molar-refractivity contribution in [3.8, 4) is 6.07 Å². The van der Waals surface area contributed by atoms with Crippen LogP contribution < -0.4 is 0 Å². The maximum atomic E-state index is 12.9. The Morgan fingerprint density at radius 2 is 1.81 bits per heavy atom. The Balaban J connectivity index is 1.34. The van der Waals surface area contributed by atoms with Crippen molar-refractivity contribution in [2.75, 3.05) is 13.1 Å². The Hall–Kier alpha value is -3.18. The molecule has 3 aromatic rings. The normalized spacial score (nSPS) is 15.7. The van der Waals surface area contributed by atoms with Crippen LogP contribution in [-0.4, -0.2) is 28.1 Å². The molecule has 31 heavy (non-hydrogen) atoms. The number of hydrogen-bond acceptors (Lipinski definition) is 5. The number of halogens is 3. The van der Waals surface area contributed by atoms with Gasteiger partial charge in [0.25, 0.3) is 0 Å². The van der Waals surface area contributed by atoms with Gasteiger partial charge in [-0.1, -0.05) is 35.5 Å². The van der Waals surface area contributed by atoms with Crippen LogP contribution in [0.1, 0.15) is 52.7 Å². The van der Waals surface area contributed by atoms with Crippen LogP contribution in [0.15, 0.2) is 53.1 Å². The molecule has 2 heterocycles. The third-order valence-corrected chi connectivity index (χ3v) is 5.50. The summed E-state index contributed by atoms with van der Waals surface area (Å²) in [7, 11) is 0. The van der Waals surface area contributed by atoms with Gasteiger partial charge in [0.15, 0.2) is 5.82 Å². The molecule has 1 aliphatic rings. The van der Waals surface area contributed by atoms with E-state index in [4.69, 9.17) is 9.78 Å². The molecule has 5 nitrogen and oxygen atoms in total. The number of nitrogens with zero attached hydrogens (tertiary/aromatic N) is 4. The van der Waals surface area contributed by atoms with E-state index in [0.29, 0.717) is 22.8 Å². The molecule has 2 aromatic carbocycles. The molecule has 0 unspecified atom stereocenters. The average molecular weight is 426 g/mol. The average Bonchev–Trinajstić information content (AvgIpc) is 3.22. The summed E-state index contributed by atoms with van der Waals surface area (Å²) in [5.74, 6) is 1.09. The van der Waals surface area contributed by atoms with Gasteiger partial charge in [-0.15, -0.1) is 0 Å². The molecule has 160 valence electrons. The zero-order valence-corrected chi connectivity index (χ0v) is 16.8. The van der Waals surface area contributed by atoms with Crippen molar-refractivity contribution in [3.05, 3.63) is 82.5 Å². The molecule has 0 amide bonds. The van der Waals surface area contributed by atoms with Crippen molar-refractivity contribution in [2.45, 2.75) is 37.9 Å². The van der Waals surface area contributed by atoms with Crippen molar-refractivity contribution >= 4 is 0 Å². The quantitative estimate of drug-likeness (QED) is 0.579. The van der Waals surface area contributed by atoms with Gasteiger partial charge in [-0.05, 0) is 55.3 Å². The minimum absolute atomic E-state index is 0.143. The molecule has 0 saturated carbocycles. The van der Waals surface area contributed by atoms with Gasteiger partial charge in [-0.3, -0.25) is 4.90 Å². The lowest BCUT2D eigenvalue weighted by Crippen LogP contribution is -2.32. The molecule has 1 saturated heterocycles. The van der Waals surface area contributed by atoms with Gasteiger partial charge in [0, 0.05) is 18.9 Å². The highest BCUT2D eigenvalue weighted by atomic mass is 19.4. The fourth-order valence-electron chi connectivity index (χ4n) is 3.88. The summed E-state index contributed by atoms with van der Waals surface area (Å²) in [5, 5.41) is 13.0. The number of aromatic nitrogens is 2. The summed E-state index contributed by atoms with van der Waals surface area (Å²) in [6, 6.07) is 15.0. The maximum Gasteiger partial charge on any atom is 0.416 e. The van der Waals surface area contributed by atoms with E-state index in [1.54, 1.807) is 12.1 Å². The van der Waals surface area contributed by atoms with Crippen LogP contribution in [0.25, 0.3) is 0 Å². The predicted octanol–water partition coefficient (Wildman–Crippen LogP) is 4.93. The second-order valence-electron chi connectivity index (χ2n) is 7.79. The molecule has 0 atom stereocenters. The fraction of sp³-hybridized carbons (Fsp3) is 0.348. The van der Waals surface area contributed by atoms with Crippen molar-refractivity contribution in [2.24, 2.45) is 0 Å². The maximum absolute atomic E-state index is 12.9. The lowest BCUT2D eigenvalue weighted by Gasteiger charge is -2.30. The summed E-state index contributed by atoms with van der Waals surface area (Å²) in [4.78, 5) is 6.77. The van der Waals surface area contributed by atoms with Gasteiger partial charge in [-0.25, -0.2) is 0 Å².